The van der Waals surface area contributed by atoms with Crippen molar-refractivity contribution in [3.05, 3.63) is 33.8 Å². The largest absolute Gasteiger partial charge is 0.339 e. The number of fused-ring (bicyclic) bond motifs is 1. The minimum absolute atomic E-state index is 0.00159. The minimum atomic E-state index is -0.0116. The van der Waals surface area contributed by atoms with Crippen molar-refractivity contribution < 1.29 is 9.59 Å². The smallest absolute Gasteiger partial charge is 0.237 e. The maximum Gasteiger partial charge on any atom is 0.237 e. The molecule has 0 bridgehead atoms. The molecule has 2 rings (SSSR count). The van der Waals surface area contributed by atoms with Crippen LogP contribution < -0.4 is 0 Å². The van der Waals surface area contributed by atoms with E-state index in [1.807, 2.05) is 6.07 Å². The van der Waals surface area contributed by atoms with Crippen molar-refractivity contribution in [1.29, 1.82) is 0 Å². The Morgan fingerprint density at radius 1 is 1.28 bits per heavy atom. The molecule has 96 valence electrons. The van der Waals surface area contributed by atoms with Gasteiger partial charge in [0.05, 0.1) is 5.02 Å². The van der Waals surface area contributed by atoms with Gasteiger partial charge in [0.1, 0.15) is 0 Å². The van der Waals surface area contributed by atoms with Crippen molar-refractivity contribution in [2.75, 3.05) is 13.1 Å². The zero-order valence-electron chi connectivity index (χ0n) is 10.2. The van der Waals surface area contributed by atoms with Gasteiger partial charge in [0.2, 0.25) is 5.65 Å². The quantitative estimate of drug-likeness (QED) is 0.587. The first-order chi connectivity index (χ1) is 8.50. The molecule has 1 unspecified atom stereocenters. The molecule has 0 spiro atoms. The number of carbonyl (C=O) groups is 2. The zero-order valence-corrected chi connectivity index (χ0v) is 12.1. The Labute approximate surface area is 114 Å². The molecule has 0 fully saturated rings. The van der Waals surface area contributed by atoms with Gasteiger partial charge in [-0.25, -0.2) is 0 Å². The molecule has 1 aromatic rings. The summed E-state index contributed by atoms with van der Waals surface area (Å²) in [7, 11) is 2.20. The van der Waals surface area contributed by atoms with Gasteiger partial charge in [-0.15, -0.1) is 0 Å². The summed E-state index contributed by atoms with van der Waals surface area (Å²) >= 11 is 6.10. The topological polar surface area (TPSA) is 37.4 Å². The zero-order chi connectivity index (χ0) is 13.3. The van der Waals surface area contributed by atoms with Crippen LogP contribution in [0.15, 0.2) is 12.1 Å². The molecule has 5 heteroatoms. The van der Waals surface area contributed by atoms with Gasteiger partial charge in [0.25, 0.3) is 0 Å². The molecule has 0 saturated heterocycles. The molecule has 1 aliphatic heterocycles. The summed E-state index contributed by atoms with van der Waals surface area (Å²) in [4.78, 5) is 24.9. The second-order valence-corrected chi connectivity index (χ2v) is 5.34. The highest BCUT2D eigenvalue weighted by molar-refractivity contribution is 7.39. The lowest BCUT2D eigenvalue weighted by atomic mass is 9.95. The number of hydrogen-bond acceptors (Lipinski definition) is 2. The van der Waals surface area contributed by atoms with E-state index >= 15 is 0 Å². The molecule has 0 N–H and O–H groups in total. The van der Waals surface area contributed by atoms with Crippen molar-refractivity contribution in [3.8, 4) is 0 Å². The maximum absolute atomic E-state index is 11.7. The van der Waals surface area contributed by atoms with Crippen molar-refractivity contribution in [1.82, 2.24) is 4.90 Å². The second-order valence-electron chi connectivity index (χ2n) is 4.44. The van der Waals surface area contributed by atoms with E-state index in [1.54, 1.807) is 11.0 Å². The molecule has 0 aromatic heterocycles. The van der Waals surface area contributed by atoms with Crippen molar-refractivity contribution in [2.24, 2.45) is 0 Å². The molecule has 1 aliphatic rings. The average Bonchev–Trinajstić information content (AvgIpc) is 2.50. The fourth-order valence-corrected chi connectivity index (χ4v) is 2.97. The number of Topliss-reactive ketones (excluding diaryl/α,β-unsaturated/α-hetero) is 1. The molecule has 0 radical (unpaired) electrons. The molecular formula is C13H15ClNO2P. The first kappa shape index (κ1) is 13.5. The first-order valence-corrected chi connectivity index (χ1v) is 6.82. The van der Waals surface area contributed by atoms with Crippen molar-refractivity contribution >= 4 is 32.3 Å². The van der Waals surface area contributed by atoms with E-state index in [0.29, 0.717) is 30.1 Å². The average molecular weight is 284 g/mol. The summed E-state index contributed by atoms with van der Waals surface area (Å²) in [6, 6.07) is 3.73. The van der Waals surface area contributed by atoms with Crippen LogP contribution >= 0.6 is 20.8 Å². The SMILES string of the molecule is CC(=O)c1c(Cl)ccc2c1CCN(C(=O)P)CC2. The van der Waals surface area contributed by atoms with Gasteiger partial charge in [-0.05, 0) is 46.2 Å². The van der Waals surface area contributed by atoms with Crippen LogP contribution in [0, 0.1) is 0 Å². The number of benzene rings is 1. The van der Waals surface area contributed by atoms with Crippen LogP contribution in [0.4, 0.5) is 4.79 Å². The fourth-order valence-electron chi connectivity index (χ4n) is 2.40. The molecule has 18 heavy (non-hydrogen) atoms. The Balaban J connectivity index is 2.41. The third kappa shape index (κ3) is 2.57. The lowest BCUT2D eigenvalue weighted by Gasteiger charge is -2.17. The summed E-state index contributed by atoms with van der Waals surface area (Å²) in [6.07, 6.45) is 1.46. The highest BCUT2D eigenvalue weighted by Crippen LogP contribution is 2.27. The Bertz CT molecular complexity index is 516. The summed E-state index contributed by atoms with van der Waals surface area (Å²) in [6.45, 7) is 2.86. The number of carbonyl (C=O) groups excluding carboxylic acids is 2. The predicted molar refractivity (Wildman–Crippen MR) is 75.5 cm³/mol. The van der Waals surface area contributed by atoms with Gasteiger partial charge in [-0.3, -0.25) is 9.59 Å². The van der Waals surface area contributed by atoms with Gasteiger partial charge < -0.3 is 4.90 Å². The number of ketones is 1. The van der Waals surface area contributed by atoms with Crippen LogP contribution in [0.5, 0.6) is 0 Å². The van der Waals surface area contributed by atoms with E-state index in [0.717, 1.165) is 17.5 Å². The third-order valence-corrected chi connectivity index (χ3v) is 3.99. The molecule has 0 aliphatic carbocycles. The van der Waals surface area contributed by atoms with Crippen LogP contribution in [0.1, 0.15) is 28.4 Å². The summed E-state index contributed by atoms with van der Waals surface area (Å²) in [5.74, 6) is -0.0116. The number of rotatable bonds is 1. The second kappa shape index (κ2) is 5.38. The van der Waals surface area contributed by atoms with Gasteiger partial charge in [0, 0.05) is 18.7 Å². The Morgan fingerprint density at radius 3 is 2.56 bits per heavy atom. The number of nitrogens with zero attached hydrogens (tertiary/aromatic N) is 1. The molecule has 0 saturated carbocycles. The van der Waals surface area contributed by atoms with Gasteiger partial charge in [-0.2, -0.15) is 0 Å². The minimum Gasteiger partial charge on any atom is -0.339 e. The van der Waals surface area contributed by atoms with E-state index in [2.05, 4.69) is 9.24 Å². The van der Waals surface area contributed by atoms with Crippen LogP contribution in [-0.2, 0) is 12.8 Å². The lowest BCUT2D eigenvalue weighted by Crippen LogP contribution is -2.28. The van der Waals surface area contributed by atoms with E-state index in [1.165, 1.54) is 6.92 Å². The Kier molecular flexibility index (Phi) is 4.04. The number of halogens is 1. The summed E-state index contributed by atoms with van der Waals surface area (Å²) < 4.78 is 0. The van der Waals surface area contributed by atoms with E-state index in [4.69, 9.17) is 11.6 Å². The normalized spacial score (nSPS) is 14.9. The standard InChI is InChI=1S/C13H15ClNO2P/c1-8(16)12-10-5-7-15(13(17)18)6-4-9(10)2-3-11(12)14/h2-3H,4-7,18H2,1H3. The molecule has 3 nitrogen and oxygen atoms in total. The first-order valence-electron chi connectivity index (χ1n) is 5.86. The molecular weight excluding hydrogens is 269 g/mol. The van der Waals surface area contributed by atoms with E-state index < -0.39 is 0 Å². The number of amides is 1. The van der Waals surface area contributed by atoms with Crippen LogP contribution in [0.3, 0.4) is 0 Å². The van der Waals surface area contributed by atoms with Crippen LogP contribution in [-0.4, -0.2) is 29.4 Å². The fraction of sp³-hybridized carbons (Fsp3) is 0.385. The highest BCUT2D eigenvalue weighted by Gasteiger charge is 2.21. The summed E-state index contributed by atoms with van der Waals surface area (Å²) in [5, 5.41) is 0.506. The van der Waals surface area contributed by atoms with Crippen LogP contribution in [0.25, 0.3) is 0 Å². The van der Waals surface area contributed by atoms with Crippen molar-refractivity contribution in [3.63, 3.8) is 0 Å². The maximum atomic E-state index is 11.7. The van der Waals surface area contributed by atoms with Gasteiger partial charge >= 0.3 is 0 Å². The Hall–Kier alpha value is -0.920. The van der Waals surface area contributed by atoms with E-state index in [-0.39, 0.29) is 11.4 Å². The predicted octanol–water partition coefficient (Wildman–Crippen LogP) is 2.94. The highest BCUT2D eigenvalue weighted by atomic mass is 35.5. The molecule has 1 aromatic carbocycles. The van der Waals surface area contributed by atoms with Crippen LogP contribution in [0.2, 0.25) is 5.02 Å². The van der Waals surface area contributed by atoms with Gasteiger partial charge in [-0.1, -0.05) is 17.7 Å². The molecule has 1 heterocycles. The van der Waals surface area contributed by atoms with Gasteiger partial charge in [0.15, 0.2) is 5.78 Å². The third-order valence-electron chi connectivity index (χ3n) is 3.31. The number of hydrogen-bond donors (Lipinski definition) is 0. The summed E-state index contributed by atoms with van der Waals surface area (Å²) in [5.41, 5.74) is 2.74. The monoisotopic (exact) mass is 283 g/mol. The van der Waals surface area contributed by atoms with E-state index in [9.17, 15) is 9.59 Å². The Morgan fingerprint density at radius 2 is 1.94 bits per heavy atom. The van der Waals surface area contributed by atoms with Crippen molar-refractivity contribution in [2.45, 2.75) is 19.8 Å². The molecule has 1 atom stereocenters. The molecule has 1 amide bonds. The lowest BCUT2D eigenvalue weighted by molar-refractivity contribution is 0.101.